The van der Waals surface area contributed by atoms with Crippen molar-refractivity contribution < 1.29 is 10.0 Å². The predicted molar refractivity (Wildman–Crippen MR) is 76.5 cm³/mol. The molecule has 0 aliphatic carbocycles. The Bertz CT molecular complexity index is 512. The van der Waals surface area contributed by atoms with E-state index in [2.05, 4.69) is 11.0 Å². The van der Waals surface area contributed by atoms with Gasteiger partial charge in [-0.1, -0.05) is 18.6 Å². The highest BCUT2D eigenvalue weighted by molar-refractivity contribution is 5.98. The first kappa shape index (κ1) is 13.5. The molecule has 20 heavy (non-hydrogen) atoms. The van der Waals surface area contributed by atoms with E-state index in [-0.39, 0.29) is 0 Å². The van der Waals surface area contributed by atoms with Crippen molar-refractivity contribution in [2.75, 3.05) is 18.2 Å². The van der Waals surface area contributed by atoms with Crippen molar-refractivity contribution in [1.82, 2.24) is 4.90 Å². The van der Waals surface area contributed by atoms with Gasteiger partial charge in [-0.25, -0.2) is 0 Å². The van der Waals surface area contributed by atoms with Crippen LogP contribution in [0.4, 0.5) is 5.69 Å². The molecule has 0 radical (unpaired) electrons. The summed E-state index contributed by atoms with van der Waals surface area (Å²) in [6.07, 6.45) is 4.37. The Balaban J connectivity index is 1.78. The summed E-state index contributed by atoms with van der Waals surface area (Å²) in [6, 6.07) is 5.23. The molecule has 1 amide bonds. The Hall–Kier alpha value is -1.43. The summed E-state index contributed by atoms with van der Waals surface area (Å²) < 4.78 is 0. The predicted octanol–water partition coefficient (Wildman–Crippen LogP) is 1.28. The van der Waals surface area contributed by atoms with Crippen LogP contribution in [-0.2, 0) is 17.8 Å². The van der Waals surface area contributed by atoms with Gasteiger partial charge in [0.2, 0.25) is 0 Å². The zero-order valence-corrected chi connectivity index (χ0v) is 11.6. The van der Waals surface area contributed by atoms with Gasteiger partial charge in [0.25, 0.3) is 5.91 Å². The van der Waals surface area contributed by atoms with Gasteiger partial charge >= 0.3 is 0 Å². The first-order valence-corrected chi connectivity index (χ1v) is 7.28. The molecule has 0 aromatic heterocycles. The third kappa shape index (κ3) is 2.57. The molecule has 1 atom stereocenters. The minimum Gasteiger partial charge on any atom is -0.320 e. The van der Waals surface area contributed by atoms with E-state index in [0.29, 0.717) is 17.2 Å². The number of carbonyl (C=O) groups is 1. The highest BCUT2D eigenvalue weighted by Gasteiger charge is 2.29. The van der Waals surface area contributed by atoms with Gasteiger partial charge in [-0.2, -0.15) is 5.06 Å². The van der Waals surface area contributed by atoms with Crippen LogP contribution in [0.15, 0.2) is 18.2 Å². The average Bonchev–Trinajstić information content (AvgIpc) is 2.46. The lowest BCUT2D eigenvalue weighted by molar-refractivity contribution is -0.125. The Morgan fingerprint density at radius 1 is 1.25 bits per heavy atom. The van der Waals surface area contributed by atoms with E-state index in [1.54, 1.807) is 0 Å². The number of carbonyl (C=O) groups excluding carboxylic acids is 1. The standard InChI is InChI=1S/C15H21N3O2/c16-13-9-12-8-11(10-17-6-2-1-3-7-17)4-5-14(12)18(20)15(13)19/h4-5,8,13,20H,1-3,6-7,9-10,16H2/t13-/m0/s1. The van der Waals surface area contributed by atoms with Gasteiger partial charge in [0.05, 0.1) is 11.7 Å². The Kier molecular flexibility index (Phi) is 3.74. The van der Waals surface area contributed by atoms with Crippen LogP contribution in [0.1, 0.15) is 30.4 Å². The van der Waals surface area contributed by atoms with Crippen molar-refractivity contribution in [1.29, 1.82) is 0 Å². The van der Waals surface area contributed by atoms with Crippen molar-refractivity contribution >= 4 is 11.6 Å². The summed E-state index contributed by atoms with van der Waals surface area (Å²) in [5.74, 6) is -0.429. The van der Waals surface area contributed by atoms with Gasteiger partial charge in [-0.15, -0.1) is 0 Å². The molecule has 0 spiro atoms. The molecular formula is C15H21N3O2. The third-order valence-electron chi connectivity index (χ3n) is 4.19. The van der Waals surface area contributed by atoms with Crippen molar-refractivity contribution in [3.05, 3.63) is 29.3 Å². The zero-order chi connectivity index (χ0) is 14.1. The topological polar surface area (TPSA) is 69.8 Å². The third-order valence-corrected chi connectivity index (χ3v) is 4.19. The first-order valence-electron chi connectivity index (χ1n) is 7.28. The lowest BCUT2D eigenvalue weighted by Crippen LogP contribution is -2.47. The van der Waals surface area contributed by atoms with Crippen LogP contribution in [0, 0.1) is 0 Å². The Morgan fingerprint density at radius 2 is 2.00 bits per heavy atom. The number of anilines is 1. The van der Waals surface area contributed by atoms with Gasteiger partial charge in [0.1, 0.15) is 0 Å². The lowest BCUT2D eigenvalue weighted by Gasteiger charge is -2.29. The number of hydroxylamine groups is 1. The summed E-state index contributed by atoms with van der Waals surface area (Å²) in [4.78, 5) is 14.1. The Labute approximate surface area is 118 Å². The summed E-state index contributed by atoms with van der Waals surface area (Å²) >= 11 is 0. The smallest absolute Gasteiger partial charge is 0.267 e. The maximum Gasteiger partial charge on any atom is 0.267 e. The molecule has 0 saturated carbocycles. The molecule has 3 rings (SSSR count). The molecule has 5 heteroatoms. The number of benzene rings is 1. The minimum atomic E-state index is -0.641. The molecule has 1 aromatic rings. The maximum absolute atomic E-state index is 11.6. The zero-order valence-electron chi connectivity index (χ0n) is 11.6. The number of nitrogens with two attached hydrogens (primary N) is 1. The summed E-state index contributed by atoms with van der Waals surface area (Å²) in [6.45, 7) is 3.24. The first-order chi connectivity index (χ1) is 9.65. The van der Waals surface area contributed by atoms with E-state index in [0.717, 1.165) is 25.2 Å². The minimum absolute atomic E-state index is 0.429. The molecule has 1 fully saturated rings. The summed E-state index contributed by atoms with van der Waals surface area (Å²) in [7, 11) is 0. The van der Waals surface area contributed by atoms with Crippen molar-refractivity contribution in [2.24, 2.45) is 5.73 Å². The fourth-order valence-corrected chi connectivity index (χ4v) is 3.08. The fraction of sp³-hybridized carbons (Fsp3) is 0.533. The van der Waals surface area contributed by atoms with E-state index >= 15 is 0 Å². The van der Waals surface area contributed by atoms with Crippen LogP contribution in [0.3, 0.4) is 0 Å². The van der Waals surface area contributed by atoms with Gasteiger partial charge in [-0.05, 0) is 49.5 Å². The van der Waals surface area contributed by atoms with Crippen LogP contribution < -0.4 is 10.8 Å². The fourth-order valence-electron chi connectivity index (χ4n) is 3.08. The van der Waals surface area contributed by atoms with Gasteiger partial charge in [-0.3, -0.25) is 14.9 Å². The molecule has 0 bridgehead atoms. The highest BCUT2D eigenvalue weighted by Crippen LogP contribution is 2.27. The van der Waals surface area contributed by atoms with E-state index in [1.165, 1.54) is 24.8 Å². The van der Waals surface area contributed by atoms with Crippen molar-refractivity contribution in [2.45, 2.75) is 38.3 Å². The quantitative estimate of drug-likeness (QED) is 0.798. The number of amides is 1. The molecule has 3 N–H and O–H groups in total. The molecule has 2 heterocycles. The summed E-state index contributed by atoms with van der Waals surface area (Å²) in [5, 5.41) is 10.5. The number of piperidine rings is 1. The van der Waals surface area contributed by atoms with E-state index in [4.69, 9.17) is 5.73 Å². The van der Waals surface area contributed by atoms with Gasteiger partial charge in [0.15, 0.2) is 0 Å². The maximum atomic E-state index is 11.6. The number of hydrogen-bond acceptors (Lipinski definition) is 4. The number of nitrogens with zero attached hydrogens (tertiary/aromatic N) is 2. The molecule has 108 valence electrons. The van der Waals surface area contributed by atoms with E-state index < -0.39 is 11.9 Å². The lowest BCUT2D eigenvalue weighted by atomic mass is 9.97. The SMILES string of the molecule is N[C@H]1Cc2cc(CN3CCCCC3)ccc2N(O)C1=O. The Morgan fingerprint density at radius 3 is 2.75 bits per heavy atom. The van der Waals surface area contributed by atoms with Crippen LogP contribution in [0.5, 0.6) is 0 Å². The molecule has 2 aliphatic rings. The van der Waals surface area contributed by atoms with Crippen molar-refractivity contribution in [3.63, 3.8) is 0 Å². The molecule has 1 saturated heterocycles. The number of fused-ring (bicyclic) bond motifs is 1. The average molecular weight is 275 g/mol. The monoisotopic (exact) mass is 275 g/mol. The molecular weight excluding hydrogens is 254 g/mol. The van der Waals surface area contributed by atoms with Gasteiger partial charge < -0.3 is 5.73 Å². The second-order valence-electron chi connectivity index (χ2n) is 5.76. The molecule has 1 aromatic carbocycles. The largest absolute Gasteiger partial charge is 0.320 e. The normalized spacial score (nSPS) is 23.8. The van der Waals surface area contributed by atoms with E-state index in [9.17, 15) is 10.0 Å². The highest BCUT2D eigenvalue weighted by atomic mass is 16.5. The molecule has 5 nitrogen and oxygen atoms in total. The second-order valence-corrected chi connectivity index (χ2v) is 5.76. The number of likely N-dealkylation sites (tertiary alicyclic amines) is 1. The number of hydrogen-bond donors (Lipinski definition) is 2. The molecule has 0 unspecified atom stereocenters. The summed E-state index contributed by atoms with van der Waals surface area (Å²) in [5.41, 5.74) is 8.50. The van der Waals surface area contributed by atoms with Crippen LogP contribution in [-0.4, -0.2) is 35.1 Å². The van der Waals surface area contributed by atoms with Crippen molar-refractivity contribution in [3.8, 4) is 0 Å². The molecule has 2 aliphatic heterocycles. The van der Waals surface area contributed by atoms with Gasteiger partial charge in [0, 0.05) is 6.54 Å². The van der Waals surface area contributed by atoms with Crippen LogP contribution >= 0.6 is 0 Å². The second kappa shape index (κ2) is 5.52. The number of rotatable bonds is 2. The van der Waals surface area contributed by atoms with Crippen LogP contribution in [0.2, 0.25) is 0 Å². The van der Waals surface area contributed by atoms with Crippen LogP contribution in [0.25, 0.3) is 0 Å². The van der Waals surface area contributed by atoms with E-state index in [1.807, 2.05) is 12.1 Å².